The molecule has 3 nitrogen and oxygen atoms in total. The lowest BCUT2D eigenvalue weighted by atomic mass is 10.2. The normalized spacial score (nSPS) is 21.6. The van der Waals surface area contributed by atoms with Crippen molar-refractivity contribution < 1.29 is 4.74 Å². The topological polar surface area (TPSA) is 47.3 Å². The molecule has 3 N–H and O–H groups in total. The Morgan fingerprint density at radius 3 is 2.50 bits per heavy atom. The van der Waals surface area contributed by atoms with Crippen LogP contribution in [0.2, 0.25) is 0 Å². The van der Waals surface area contributed by atoms with Crippen molar-refractivity contribution in [2.45, 2.75) is 31.3 Å². The summed E-state index contributed by atoms with van der Waals surface area (Å²) in [4.78, 5) is 0. The lowest BCUT2D eigenvalue weighted by Crippen LogP contribution is -2.20. The quantitative estimate of drug-likeness (QED) is 0.887. The molecule has 0 heterocycles. The van der Waals surface area contributed by atoms with Gasteiger partial charge < -0.3 is 15.8 Å². The Kier molecular flexibility index (Phi) is 3.88. The van der Waals surface area contributed by atoms with E-state index in [4.69, 9.17) is 10.5 Å². The van der Waals surface area contributed by atoms with Gasteiger partial charge in [0.15, 0.2) is 0 Å². The highest BCUT2D eigenvalue weighted by molar-refractivity contribution is 5.50. The molecule has 0 radical (unpaired) electrons. The van der Waals surface area contributed by atoms with Gasteiger partial charge in [-0.05, 0) is 43.5 Å². The van der Waals surface area contributed by atoms with Crippen LogP contribution < -0.4 is 15.8 Å². The summed E-state index contributed by atoms with van der Waals surface area (Å²) in [6.45, 7) is 0. The maximum absolute atomic E-state index is 5.95. The van der Waals surface area contributed by atoms with Crippen molar-refractivity contribution in [3.63, 3.8) is 0 Å². The minimum Gasteiger partial charge on any atom is -0.457 e. The van der Waals surface area contributed by atoms with Gasteiger partial charge in [0.1, 0.15) is 11.5 Å². The molecule has 1 aliphatic rings. The van der Waals surface area contributed by atoms with E-state index in [1.165, 1.54) is 0 Å². The zero-order valence-electron chi connectivity index (χ0n) is 11.5. The molecule has 0 bridgehead atoms. The summed E-state index contributed by atoms with van der Waals surface area (Å²) in [5, 5.41) is 3.54. The molecule has 1 fully saturated rings. The molecule has 0 spiro atoms. The second-order valence-corrected chi connectivity index (χ2v) is 5.36. The van der Waals surface area contributed by atoms with E-state index in [-0.39, 0.29) is 0 Å². The molecular formula is C17H20N2O. The molecule has 0 saturated heterocycles. The number of hydrogen-bond acceptors (Lipinski definition) is 3. The molecule has 2 aromatic rings. The van der Waals surface area contributed by atoms with Crippen molar-refractivity contribution in [1.82, 2.24) is 0 Å². The number of hydrogen-bond donors (Lipinski definition) is 2. The van der Waals surface area contributed by atoms with E-state index < -0.39 is 0 Å². The molecule has 1 aliphatic carbocycles. The van der Waals surface area contributed by atoms with Crippen LogP contribution in [-0.4, -0.2) is 12.1 Å². The third-order valence-corrected chi connectivity index (χ3v) is 3.66. The van der Waals surface area contributed by atoms with Gasteiger partial charge in [0.05, 0.1) is 0 Å². The Balaban J connectivity index is 1.67. The number of nitrogens with one attached hydrogen (secondary N) is 1. The minimum atomic E-state index is 0.344. The predicted octanol–water partition coefficient (Wildman–Crippen LogP) is 3.77. The van der Waals surface area contributed by atoms with Gasteiger partial charge in [0.2, 0.25) is 0 Å². The SMILES string of the molecule is NC1CCC(Nc2cccc(Oc3ccccc3)c2)C1. The van der Waals surface area contributed by atoms with Gasteiger partial charge >= 0.3 is 0 Å². The first kappa shape index (κ1) is 13.0. The fraction of sp³-hybridized carbons (Fsp3) is 0.294. The molecule has 104 valence electrons. The first-order valence-electron chi connectivity index (χ1n) is 7.15. The molecular weight excluding hydrogens is 248 g/mol. The second-order valence-electron chi connectivity index (χ2n) is 5.36. The predicted molar refractivity (Wildman–Crippen MR) is 82.2 cm³/mol. The van der Waals surface area contributed by atoms with Crippen molar-refractivity contribution in [3.05, 3.63) is 54.6 Å². The summed E-state index contributed by atoms with van der Waals surface area (Å²) < 4.78 is 5.84. The van der Waals surface area contributed by atoms with Crippen LogP contribution >= 0.6 is 0 Å². The standard InChI is InChI=1S/C17H20N2O/c18-13-9-10-15(11-13)19-14-5-4-8-17(12-14)20-16-6-2-1-3-7-16/h1-8,12-13,15,19H,9-11,18H2. The van der Waals surface area contributed by atoms with Crippen LogP contribution in [0.15, 0.2) is 54.6 Å². The fourth-order valence-corrected chi connectivity index (χ4v) is 2.66. The number of nitrogens with two attached hydrogens (primary N) is 1. The molecule has 0 aliphatic heterocycles. The third-order valence-electron chi connectivity index (χ3n) is 3.66. The van der Waals surface area contributed by atoms with Crippen LogP contribution in [0.5, 0.6) is 11.5 Å². The lowest BCUT2D eigenvalue weighted by Gasteiger charge is -2.15. The molecule has 0 aromatic heterocycles. The highest BCUT2D eigenvalue weighted by Crippen LogP contribution is 2.26. The molecule has 20 heavy (non-hydrogen) atoms. The first-order chi connectivity index (χ1) is 9.79. The maximum Gasteiger partial charge on any atom is 0.129 e. The Bertz CT molecular complexity index is 556. The molecule has 3 rings (SSSR count). The van der Waals surface area contributed by atoms with Crippen molar-refractivity contribution in [2.75, 3.05) is 5.32 Å². The number of para-hydroxylation sites is 1. The largest absolute Gasteiger partial charge is 0.457 e. The Labute approximate surface area is 119 Å². The number of benzene rings is 2. The average Bonchev–Trinajstić information content (AvgIpc) is 2.86. The van der Waals surface area contributed by atoms with Crippen LogP contribution in [0.3, 0.4) is 0 Å². The van der Waals surface area contributed by atoms with Gasteiger partial charge in [-0.3, -0.25) is 0 Å². The van der Waals surface area contributed by atoms with E-state index in [1.807, 2.05) is 48.5 Å². The lowest BCUT2D eigenvalue weighted by molar-refractivity contribution is 0.483. The van der Waals surface area contributed by atoms with Crippen LogP contribution in [0, 0.1) is 0 Å². The van der Waals surface area contributed by atoms with Gasteiger partial charge in [0, 0.05) is 23.8 Å². The average molecular weight is 268 g/mol. The van der Waals surface area contributed by atoms with E-state index in [0.717, 1.165) is 36.4 Å². The number of anilines is 1. The van der Waals surface area contributed by atoms with Crippen LogP contribution in [0.4, 0.5) is 5.69 Å². The van der Waals surface area contributed by atoms with E-state index in [0.29, 0.717) is 12.1 Å². The van der Waals surface area contributed by atoms with E-state index in [9.17, 15) is 0 Å². The molecule has 2 unspecified atom stereocenters. The van der Waals surface area contributed by atoms with Gasteiger partial charge in [-0.25, -0.2) is 0 Å². The first-order valence-corrected chi connectivity index (χ1v) is 7.15. The number of ether oxygens (including phenoxy) is 1. The van der Waals surface area contributed by atoms with E-state index in [2.05, 4.69) is 11.4 Å². The monoisotopic (exact) mass is 268 g/mol. The molecule has 1 saturated carbocycles. The second kappa shape index (κ2) is 5.97. The summed E-state index contributed by atoms with van der Waals surface area (Å²) in [5.74, 6) is 1.70. The van der Waals surface area contributed by atoms with Crippen LogP contribution in [-0.2, 0) is 0 Å². The zero-order chi connectivity index (χ0) is 13.8. The highest BCUT2D eigenvalue weighted by atomic mass is 16.5. The third kappa shape index (κ3) is 3.31. The molecule has 2 atom stereocenters. The van der Waals surface area contributed by atoms with Crippen LogP contribution in [0.1, 0.15) is 19.3 Å². The molecule has 2 aromatic carbocycles. The zero-order valence-corrected chi connectivity index (χ0v) is 11.5. The van der Waals surface area contributed by atoms with Crippen molar-refractivity contribution in [2.24, 2.45) is 5.73 Å². The Morgan fingerprint density at radius 1 is 0.950 bits per heavy atom. The summed E-state index contributed by atoms with van der Waals surface area (Å²) in [5.41, 5.74) is 7.04. The highest BCUT2D eigenvalue weighted by Gasteiger charge is 2.21. The summed E-state index contributed by atoms with van der Waals surface area (Å²) in [6, 6.07) is 18.7. The Morgan fingerprint density at radius 2 is 1.75 bits per heavy atom. The summed E-state index contributed by atoms with van der Waals surface area (Å²) in [7, 11) is 0. The van der Waals surface area contributed by atoms with Crippen LogP contribution in [0.25, 0.3) is 0 Å². The van der Waals surface area contributed by atoms with Gasteiger partial charge in [-0.1, -0.05) is 24.3 Å². The van der Waals surface area contributed by atoms with Gasteiger partial charge in [-0.2, -0.15) is 0 Å². The minimum absolute atomic E-state index is 0.344. The summed E-state index contributed by atoms with van der Waals surface area (Å²) in [6.07, 6.45) is 3.30. The summed E-state index contributed by atoms with van der Waals surface area (Å²) >= 11 is 0. The molecule has 3 heteroatoms. The number of rotatable bonds is 4. The fourth-order valence-electron chi connectivity index (χ4n) is 2.66. The van der Waals surface area contributed by atoms with Crippen molar-refractivity contribution in [1.29, 1.82) is 0 Å². The Hall–Kier alpha value is -2.00. The van der Waals surface area contributed by atoms with E-state index in [1.54, 1.807) is 0 Å². The maximum atomic E-state index is 5.95. The smallest absolute Gasteiger partial charge is 0.129 e. The van der Waals surface area contributed by atoms with E-state index >= 15 is 0 Å². The van der Waals surface area contributed by atoms with Gasteiger partial charge in [-0.15, -0.1) is 0 Å². The van der Waals surface area contributed by atoms with Crippen molar-refractivity contribution in [3.8, 4) is 11.5 Å². The molecule has 0 amide bonds. The van der Waals surface area contributed by atoms with Crippen molar-refractivity contribution >= 4 is 5.69 Å². The van der Waals surface area contributed by atoms with Gasteiger partial charge in [0.25, 0.3) is 0 Å².